The number of anilines is 3. The molecule has 0 aliphatic rings. The fourth-order valence-electron chi connectivity index (χ4n) is 2.24. The number of nitrogens with one attached hydrogen (secondary N) is 2. The zero-order valence-electron chi connectivity index (χ0n) is 14.7. The van der Waals surface area contributed by atoms with E-state index in [1.54, 1.807) is 43.5 Å². The number of hydrogen-bond donors (Lipinski definition) is 2. The third-order valence-electron chi connectivity index (χ3n) is 3.33. The van der Waals surface area contributed by atoms with Gasteiger partial charge < -0.3 is 15.4 Å². The van der Waals surface area contributed by atoms with Gasteiger partial charge in [0.25, 0.3) is 0 Å². The summed E-state index contributed by atoms with van der Waals surface area (Å²) >= 11 is 0. The molecule has 132 valence electrons. The number of benzene rings is 1. The minimum Gasteiger partial charge on any atom is -0.462 e. The smallest absolute Gasteiger partial charge is 0.340 e. The first-order chi connectivity index (χ1) is 12.0. The van der Waals surface area contributed by atoms with Crippen molar-refractivity contribution >= 4 is 29.1 Å². The first-order valence-electron chi connectivity index (χ1n) is 8.28. The predicted octanol–water partition coefficient (Wildman–Crippen LogP) is 3.99. The van der Waals surface area contributed by atoms with E-state index in [-0.39, 0.29) is 11.9 Å². The van der Waals surface area contributed by atoms with Crippen molar-refractivity contribution < 1.29 is 14.3 Å². The molecule has 0 spiro atoms. The Bertz CT molecular complexity index is 727. The highest BCUT2D eigenvalue weighted by Gasteiger charge is 2.12. The molecule has 1 aromatic heterocycles. The van der Waals surface area contributed by atoms with Crippen LogP contribution in [0.5, 0.6) is 0 Å². The molecule has 0 unspecified atom stereocenters. The molecule has 0 radical (unpaired) electrons. The minimum absolute atomic E-state index is 0.0369. The van der Waals surface area contributed by atoms with Crippen LogP contribution in [0, 0.1) is 5.92 Å². The van der Waals surface area contributed by atoms with Crippen LogP contribution in [-0.4, -0.2) is 23.5 Å². The van der Waals surface area contributed by atoms with Crippen molar-refractivity contribution in [2.24, 2.45) is 5.92 Å². The normalized spacial score (nSPS) is 10.4. The maximum atomic E-state index is 12.0. The number of ether oxygens (including phenoxy) is 1. The Kier molecular flexibility index (Phi) is 6.51. The number of carbonyl (C=O) groups is 2. The second-order valence-corrected chi connectivity index (χ2v) is 5.97. The fourth-order valence-corrected chi connectivity index (χ4v) is 2.24. The van der Waals surface area contributed by atoms with E-state index in [0.717, 1.165) is 0 Å². The molecule has 0 aliphatic heterocycles. The molecule has 6 heteroatoms. The Morgan fingerprint density at radius 2 is 1.92 bits per heavy atom. The van der Waals surface area contributed by atoms with E-state index in [1.165, 1.54) is 0 Å². The van der Waals surface area contributed by atoms with Crippen LogP contribution in [-0.2, 0) is 9.53 Å². The van der Waals surface area contributed by atoms with Crippen LogP contribution in [0.25, 0.3) is 0 Å². The zero-order chi connectivity index (χ0) is 18.2. The molecule has 0 saturated heterocycles. The maximum absolute atomic E-state index is 12.0. The number of rotatable bonds is 7. The molecule has 1 aromatic carbocycles. The molecule has 0 aliphatic carbocycles. The van der Waals surface area contributed by atoms with Crippen molar-refractivity contribution in [3.63, 3.8) is 0 Å². The number of para-hydroxylation sites is 1. The van der Waals surface area contributed by atoms with Gasteiger partial charge in [-0.25, -0.2) is 9.78 Å². The quantitative estimate of drug-likeness (QED) is 0.744. The first kappa shape index (κ1) is 18.4. The van der Waals surface area contributed by atoms with E-state index >= 15 is 0 Å². The lowest BCUT2D eigenvalue weighted by Gasteiger charge is -2.11. The van der Waals surface area contributed by atoms with Crippen LogP contribution in [0.4, 0.5) is 17.2 Å². The van der Waals surface area contributed by atoms with E-state index in [1.807, 2.05) is 19.9 Å². The molecule has 2 rings (SSSR count). The number of carbonyl (C=O) groups excluding carboxylic acids is 2. The first-order valence-corrected chi connectivity index (χ1v) is 8.28. The Morgan fingerprint density at radius 3 is 2.56 bits per heavy atom. The van der Waals surface area contributed by atoms with Gasteiger partial charge in [0.05, 0.1) is 29.7 Å². The Balaban J connectivity index is 2.07. The summed E-state index contributed by atoms with van der Waals surface area (Å²) < 4.78 is 5.05. The summed E-state index contributed by atoms with van der Waals surface area (Å²) in [5.41, 5.74) is 1.69. The van der Waals surface area contributed by atoms with Crippen LogP contribution >= 0.6 is 0 Å². The van der Waals surface area contributed by atoms with Gasteiger partial charge in [0.15, 0.2) is 0 Å². The summed E-state index contributed by atoms with van der Waals surface area (Å²) in [5, 5.41) is 5.91. The highest BCUT2D eigenvalue weighted by molar-refractivity contribution is 5.96. The summed E-state index contributed by atoms with van der Waals surface area (Å²) in [6.45, 7) is 6.07. The number of esters is 1. The van der Waals surface area contributed by atoms with Gasteiger partial charge in [-0.2, -0.15) is 0 Å². The average molecular weight is 341 g/mol. The topological polar surface area (TPSA) is 80.3 Å². The highest BCUT2D eigenvalue weighted by atomic mass is 16.5. The van der Waals surface area contributed by atoms with Crippen molar-refractivity contribution in [2.75, 3.05) is 17.2 Å². The van der Waals surface area contributed by atoms with E-state index in [4.69, 9.17) is 4.74 Å². The van der Waals surface area contributed by atoms with Gasteiger partial charge in [-0.3, -0.25) is 4.79 Å². The molecule has 1 amide bonds. The van der Waals surface area contributed by atoms with Gasteiger partial charge in [-0.15, -0.1) is 0 Å². The Hall–Kier alpha value is -2.89. The van der Waals surface area contributed by atoms with Crippen molar-refractivity contribution in [1.82, 2.24) is 4.98 Å². The van der Waals surface area contributed by atoms with Gasteiger partial charge in [-0.05, 0) is 37.1 Å². The second-order valence-electron chi connectivity index (χ2n) is 5.97. The van der Waals surface area contributed by atoms with Gasteiger partial charge in [-0.1, -0.05) is 26.0 Å². The van der Waals surface area contributed by atoms with Crippen molar-refractivity contribution in [1.29, 1.82) is 0 Å². The monoisotopic (exact) mass is 341 g/mol. The van der Waals surface area contributed by atoms with Crippen LogP contribution in [0.3, 0.4) is 0 Å². The molecule has 1 heterocycles. The fraction of sp³-hybridized carbons (Fsp3) is 0.316. The Labute approximate surface area is 147 Å². The van der Waals surface area contributed by atoms with Crippen LogP contribution < -0.4 is 10.6 Å². The highest BCUT2D eigenvalue weighted by Crippen LogP contribution is 2.21. The third-order valence-corrected chi connectivity index (χ3v) is 3.33. The average Bonchev–Trinajstić information content (AvgIpc) is 2.56. The lowest BCUT2D eigenvalue weighted by Crippen LogP contribution is -2.14. The second kappa shape index (κ2) is 8.82. The van der Waals surface area contributed by atoms with Gasteiger partial charge in [0, 0.05) is 6.42 Å². The number of aromatic nitrogens is 1. The molecule has 25 heavy (non-hydrogen) atoms. The van der Waals surface area contributed by atoms with Crippen molar-refractivity contribution in [2.45, 2.75) is 27.2 Å². The van der Waals surface area contributed by atoms with E-state index in [0.29, 0.717) is 41.7 Å². The summed E-state index contributed by atoms with van der Waals surface area (Å²) in [6, 6.07) is 10.6. The lowest BCUT2D eigenvalue weighted by atomic mass is 10.1. The van der Waals surface area contributed by atoms with Gasteiger partial charge in [0.1, 0.15) is 5.82 Å². The molecular formula is C19H23N3O3. The largest absolute Gasteiger partial charge is 0.462 e. The number of nitrogens with zero attached hydrogens (tertiary/aromatic N) is 1. The lowest BCUT2D eigenvalue weighted by molar-refractivity contribution is -0.116. The summed E-state index contributed by atoms with van der Waals surface area (Å²) in [5.74, 6) is 0.445. The van der Waals surface area contributed by atoms with Crippen molar-refractivity contribution in [3.8, 4) is 0 Å². The van der Waals surface area contributed by atoms with Crippen LogP contribution in [0.2, 0.25) is 0 Å². The molecule has 0 atom stereocenters. The van der Waals surface area contributed by atoms with Gasteiger partial charge in [0.2, 0.25) is 5.91 Å². The van der Waals surface area contributed by atoms with Gasteiger partial charge >= 0.3 is 5.97 Å². The molecule has 2 N–H and O–H groups in total. The maximum Gasteiger partial charge on any atom is 0.340 e. The van der Waals surface area contributed by atoms with E-state index in [2.05, 4.69) is 15.6 Å². The number of hydrogen-bond acceptors (Lipinski definition) is 5. The number of amides is 1. The van der Waals surface area contributed by atoms with Crippen molar-refractivity contribution in [3.05, 3.63) is 48.2 Å². The summed E-state index contributed by atoms with van der Waals surface area (Å²) in [4.78, 5) is 28.0. The van der Waals surface area contributed by atoms with Crippen LogP contribution in [0.1, 0.15) is 37.6 Å². The predicted molar refractivity (Wildman–Crippen MR) is 98.0 cm³/mol. The standard InChI is InChI=1S/C19H23N3O3/c1-4-25-19(24)15-7-5-6-8-16(15)22-17-10-9-14(12-20-17)21-18(23)11-13(2)3/h5-10,12-13H,4,11H2,1-3H3,(H,20,22)(H,21,23). The SMILES string of the molecule is CCOC(=O)c1ccccc1Nc1ccc(NC(=O)CC(C)C)cn1. The molecule has 0 saturated carbocycles. The molecule has 0 bridgehead atoms. The third kappa shape index (κ3) is 5.60. The zero-order valence-corrected chi connectivity index (χ0v) is 14.7. The molecule has 2 aromatic rings. The molecular weight excluding hydrogens is 318 g/mol. The number of pyridine rings is 1. The molecule has 6 nitrogen and oxygen atoms in total. The summed E-state index contributed by atoms with van der Waals surface area (Å²) in [6.07, 6.45) is 2.04. The molecule has 0 fully saturated rings. The summed E-state index contributed by atoms with van der Waals surface area (Å²) in [7, 11) is 0. The Morgan fingerprint density at radius 1 is 1.16 bits per heavy atom. The van der Waals surface area contributed by atoms with E-state index < -0.39 is 0 Å². The van der Waals surface area contributed by atoms with Crippen LogP contribution in [0.15, 0.2) is 42.6 Å². The van der Waals surface area contributed by atoms with E-state index in [9.17, 15) is 9.59 Å². The minimum atomic E-state index is -0.386.